The van der Waals surface area contributed by atoms with Crippen molar-refractivity contribution >= 4 is 11.4 Å². The number of aromatic amines is 1. The number of fused-ring (bicyclic) bond motifs is 1. The molecule has 2 heterocycles. The fourth-order valence-corrected chi connectivity index (χ4v) is 3.55. The quantitative estimate of drug-likeness (QED) is 0.434. The standard InChI is InChI=1S/C24H23FN4O3/c1-14-3-4-17(11-15(14)2)21-13-29-22(24(32)27-21)12-20(28-29)23(31)26-19(9-10-30)16-5-7-18(25)8-6-16/h3-8,11-13,19,30H,9-10H2,1-2H3,(H,26,31)(H,27,32)/t19-/m1/s1. The SMILES string of the molecule is Cc1ccc(-c2cn3nc(C(=O)N[C@H](CCO)c4ccc(F)cc4)cc3c(=O)[nH]2)cc1C. The van der Waals surface area contributed by atoms with Crippen molar-refractivity contribution in [3.8, 4) is 11.3 Å². The number of benzene rings is 2. The van der Waals surface area contributed by atoms with Gasteiger partial charge in [0, 0.05) is 12.7 Å². The third-order valence-electron chi connectivity index (χ3n) is 5.51. The van der Waals surface area contributed by atoms with Crippen molar-refractivity contribution < 1.29 is 14.3 Å². The predicted octanol–water partition coefficient (Wildman–Crippen LogP) is 3.30. The van der Waals surface area contributed by atoms with Gasteiger partial charge in [-0.3, -0.25) is 9.59 Å². The zero-order valence-electron chi connectivity index (χ0n) is 17.7. The first-order valence-electron chi connectivity index (χ1n) is 10.2. The molecule has 3 N–H and O–H groups in total. The van der Waals surface area contributed by atoms with Crippen molar-refractivity contribution in [3.63, 3.8) is 0 Å². The van der Waals surface area contributed by atoms with Crippen molar-refractivity contribution in [1.29, 1.82) is 0 Å². The van der Waals surface area contributed by atoms with E-state index in [1.165, 1.54) is 22.7 Å². The molecule has 0 saturated heterocycles. The molecule has 1 amide bonds. The Hall–Kier alpha value is -3.78. The van der Waals surface area contributed by atoms with Crippen LogP contribution in [0, 0.1) is 19.7 Å². The topological polar surface area (TPSA) is 99.5 Å². The van der Waals surface area contributed by atoms with Gasteiger partial charge in [-0.1, -0.05) is 24.3 Å². The average molecular weight is 434 g/mol. The summed E-state index contributed by atoms with van der Waals surface area (Å²) in [6.07, 6.45) is 1.92. The van der Waals surface area contributed by atoms with Gasteiger partial charge in [0.1, 0.15) is 11.3 Å². The molecule has 1 atom stereocenters. The zero-order chi connectivity index (χ0) is 22.8. The molecule has 0 aliphatic carbocycles. The molecule has 164 valence electrons. The highest BCUT2D eigenvalue weighted by atomic mass is 19.1. The van der Waals surface area contributed by atoms with E-state index in [2.05, 4.69) is 15.4 Å². The first-order chi connectivity index (χ1) is 15.4. The van der Waals surface area contributed by atoms with E-state index in [-0.39, 0.29) is 35.6 Å². The van der Waals surface area contributed by atoms with Crippen LogP contribution in [0.15, 0.2) is 59.5 Å². The summed E-state index contributed by atoms with van der Waals surface area (Å²) >= 11 is 0. The molecule has 8 heteroatoms. The number of carbonyl (C=O) groups excluding carboxylic acids is 1. The van der Waals surface area contributed by atoms with E-state index < -0.39 is 11.9 Å². The number of H-pyrrole nitrogens is 1. The van der Waals surface area contributed by atoms with Gasteiger partial charge in [-0.2, -0.15) is 5.10 Å². The van der Waals surface area contributed by atoms with E-state index in [1.54, 1.807) is 18.3 Å². The number of hydrogen-bond acceptors (Lipinski definition) is 4. The van der Waals surface area contributed by atoms with Crippen LogP contribution in [0.4, 0.5) is 4.39 Å². The van der Waals surface area contributed by atoms with E-state index in [9.17, 15) is 19.1 Å². The second-order valence-corrected chi connectivity index (χ2v) is 7.75. The molecule has 7 nitrogen and oxygen atoms in total. The molecule has 0 aliphatic heterocycles. The molecule has 4 rings (SSSR count). The summed E-state index contributed by atoms with van der Waals surface area (Å²) in [6.45, 7) is 3.85. The Bertz CT molecular complexity index is 1340. The monoisotopic (exact) mass is 434 g/mol. The molecule has 0 spiro atoms. The fraction of sp³-hybridized carbons (Fsp3) is 0.208. The molecule has 2 aromatic carbocycles. The van der Waals surface area contributed by atoms with Crippen LogP contribution in [0.2, 0.25) is 0 Å². The largest absolute Gasteiger partial charge is 0.396 e. The second kappa shape index (κ2) is 8.76. The molecule has 0 fully saturated rings. The van der Waals surface area contributed by atoms with Crippen molar-refractivity contribution in [3.05, 3.63) is 93.3 Å². The van der Waals surface area contributed by atoms with Crippen LogP contribution in [0.3, 0.4) is 0 Å². The van der Waals surface area contributed by atoms with Gasteiger partial charge in [0.15, 0.2) is 5.69 Å². The van der Waals surface area contributed by atoms with Crippen molar-refractivity contribution in [2.45, 2.75) is 26.3 Å². The molecular weight excluding hydrogens is 411 g/mol. The molecule has 0 bridgehead atoms. The Morgan fingerprint density at radius 2 is 1.91 bits per heavy atom. The van der Waals surface area contributed by atoms with Crippen LogP contribution in [-0.2, 0) is 0 Å². The Morgan fingerprint density at radius 3 is 2.59 bits per heavy atom. The van der Waals surface area contributed by atoms with Crippen LogP contribution >= 0.6 is 0 Å². The van der Waals surface area contributed by atoms with E-state index >= 15 is 0 Å². The molecule has 0 radical (unpaired) electrons. The minimum atomic E-state index is -0.526. The van der Waals surface area contributed by atoms with Gasteiger partial charge in [0.05, 0.1) is 17.9 Å². The van der Waals surface area contributed by atoms with Crippen molar-refractivity contribution in [2.75, 3.05) is 6.61 Å². The molecule has 0 aliphatic rings. The maximum Gasteiger partial charge on any atom is 0.274 e. The average Bonchev–Trinajstić information content (AvgIpc) is 3.21. The summed E-state index contributed by atoms with van der Waals surface area (Å²) in [4.78, 5) is 28.3. The van der Waals surface area contributed by atoms with Gasteiger partial charge in [-0.15, -0.1) is 0 Å². The lowest BCUT2D eigenvalue weighted by Gasteiger charge is -2.17. The van der Waals surface area contributed by atoms with Gasteiger partial charge >= 0.3 is 0 Å². The predicted molar refractivity (Wildman–Crippen MR) is 119 cm³/mol. The van der Waals surface area contributed by atoms with Crippen LogP contribution in [-0.4, -0.2) is 32.2 Å². The summed E-state index contributed by atoms with van der Waals surface area (Å²) in [6, 6.07) is 12.5. The normalized spacial score (nSPS) is 12.1. The summed E-state index contributed by atoms with van der Waals surface area (Å²) in [5.41, 5.74) is 4.28. The highest BCUT2D eigenvalue weighted by molar-refractivity contribution is 5.93. The van der Waals surface area contributed by atoms with Gasteiger partial charge in [-0.25, -0.2) is 8.91 Å². The second-order valence-electron chi connectivity index (χ2n) is 7.75. The van der Waals surface area contributed by atoms with E-state index in [1.807, 2.05) is 32.0 Å². The number of amides is 1. The Kier molecular flexibility index (Phi) is 5.87. The van der Waals surface area contributed by atoms with Crippen molar-refractivity contribution in [2.24, 2.45) is 0 Å². The van der Waals surface area contributed by atoms with Gasteiger partial charge < -0.3 is 15.4 Å². The highest BCUT2D eigenvalue weighted by Crippen LogP contribution is 2.21. The zero-order valence-corrected chi connectivity index (χ0v) is 17.7. The van der Waals surface area contributed by atoms with E-state index in [0.717, 1.165) is 16.7 Å². The number of halogens is 1. The number of rotatable bonds is 6. The van der Waals surface area contributed by atoms with Crippen LogP contribution in [0.1, 0.15) is 39.6 Å². The van der Waals surface area contributed by atoms with Gasteiger partial charge in [-0.05, 0) is 60.7 Å². The number of aryl methyl sites for hydroxylation is 2. The number of carbonyl (C=O) groups is 1. The summed E-state index contributed by atoms with van der Waals surface area (Å²) in [5, 5.41) is 16.5. The first-order valence-corrected chi connectivity index (χ1v) is 10.2. The molecule has 4 aromatic rings. The maximum absolute atomic E-state index is 13.2. The first kappa shape index (κ1) is 21.5. The maximum atomic E-state index is 13.2. The molecule has 2 aromatic heterocycles. The van der Waals surface area contributed by atoms with Crippen LogP contribution in [0.5, 0.6) is 0 Å². The summed E-state index contributed by atoms with van der Waals surface area (Å²) < 4.78 is 14.6. The number of nitrogens with one attached hydrogen (secondary N) is 2. The smallest absolute Gasteiger partial charge is 0.274 e. The van der Waals surface area contributed by atoms with Gasteiger partial charge in [0.2, 0.25) is 0 Å². The van der Waals surface area contributed by atoms with Gasteiger partial charge in [0.25, 0.3) is 11.5 Å². The lowest BCUT2D eigenvalue weighted by Crippen LogP contribution is -2.29. The third-order valence-corrected chi connectivity index (χ3v) is 5.51. The minimum Gasteiger partial charge on any atom is -0.396 e. The molecule has 0 saturated carbocycles. The number of aromatic nitrogens is 3. The molecular formula is C24H23FN4O3. The number of hydrogen-bond donors (Lipinski definition) is 3. The Labute approximate surface area is 183 Å². The number of nitrogens with zero attached hydrogens (tertiary/aromatic N) is 2. The molecule has 32 heavy (non-hydrogen) atoms. The summed E-state index contributed by atoms with van der Waals surface area (Å²) in [7, 11) is 0. The fourth-order valence-electron chi connectivity index (χ4n) is 3.55. The molecule has 0 unspecified atom stereocenters. The lowest BCUT2D eigenvalue weighted by atomic mass is 10.0. The van der Waals surface area contributed by atoms with E-state index in [4.69, 9.17) is 0 Å². The van der Waals surface area contributed by atoms with E-state index in [0.29, 0.717) is 11.3 Å². The Balaban J connectivity index is 1.64. The number of aliphatic hydroxyl groups is 1. The van der Waals surface area contributed by atoms with Crippen LogP contribution in [0.25, 0.3) is 16.8 Å². The minimum absolute atomic E-state index is 0.0674. The number of aliphatic hydroxyl groups excluding tert-OH is 1. The lowest BCUT2D eigenvalue weighted by molar-refractivity contribution is 0.0924. The third kappa shape index (κ3) is 4.31. The van der Waals surface area contributed by atoms with Crippen LogP contribution < -0.4 is 10.9 Å². The Morgan fingerprint density at radius 1 is 1.16 bits per heavy atom. The summed E-state index contributed by atoms with van der Waals surface area (Å²) in [5.74, 6) is -0.884. The highest BCUT2D eigenvalue weighted by Gasteiger charge is 2.19. The van der Waals surface area contributed by atoms with Crippen molar-refractivity contribution in [1.82, 2.24) is 19.9 Å².